The molecule has 1 amide bonds. The number of fused-ring (bicyclic) bond motifs is 3. The Bertz CT molecular complexity index is 747. The third kappa shape index (κ3) is 3.23. The summed E-state index contributed by atoms with van der Waals surface area (Å²) in [7, 11) is 2.20. The van der Waals surface area contributed by atoms with Crippen molar-refractivity contribution in [1.29, 1.82) is 0 Å². The van der Waals surface area contributed by atoms with Crippen molar-refractivity contribution < 1.29 is 9.53 Å². The third-order valence-corrected chi connectivity index (χ3v) is 5.89. The van der Waals surface area contributed by atoms with E-state index in [1.165, 1.54) is 30.4 Å². The normalized spacial score (nSPS) is 26.6. The van der Waals surface area contributed by atoms with E-state index in [-0.39, 0.29) is 6.10 Å². The zero-order chi connectivity index (χ0) is 17.6. The molecule has 134 valence electrons. The molecule has 0 radical (unpaired) electrons. The van der Waals surface area contributed by atoms with Gasteiger partial charge in [0.15, 0.2) is 0 Å². The van der Waals surface area contributed by atoms with E-state index < -0.39 is 6.09 Å². The molecule has 25 heavy (non-hydrogen) atoms. The molecule has 4 rings (SSSR count). The molecule has 1 aromatic heterocycles. The number of anilines is 1. The maximum atomic E-state index is 12.3. The molecule has 3 heterocycles. The minimum atomic E-state index is -0.417. The summed E-state index contributed by atoms with van der Waals surface area (Å²) in [6.45, 7) is 4.12. The van der Waals surface area contributed by atoms with Crippen molar-refractivity contribution in [2.24, 2.45) is 0 Å². The van der Waals surface area contributed by atoms with Crippen LogP contribution in [0.15, 0.2) is 12.1 Å². The number of aromatic nitrogens is 2. The first-order chi connectivity index (χ1) is 12.0. The molecule has 2 fully saturated rings. The second-order valence-electron chi connectivity index (χ2n) is 7.57. The summed E-state index contributed by atoms with van der Waals surface area (Å²) >= 11 is 0. The van der Waals surface area contributed by atoms with Crippen LogP contribution < -0.4 is 5.32 Å². The van der Waals surface area contributed by atoms with Crippen molar-refractivity contribution in [3.8, 4) is 0 Å². The van der Waals surface area contributed by atoms with Crippen LogP contribution in [-0.4, -0.2) is 46.2 Å². The van der Waals surface area contributed by atoms with Gasteiger partial charge < -0.3 is 14.6 Å². The van der Waals surface area contributed by atoms with Gasteiger partial charge in [0, 0.05) is 24.9 Å². The third-order valence-electron chi connectivity index (χ3n) is 5.89. The summed E-state index contributed by atoms with van der Waals surface area (Å²) in [5, 5.41) is 2.75. The van der Waals surface area contributed by atoms with E-state index >= 15 is 0 Å². The van der Waals surface area contributed by atoms with Gasteiger partial charge in [-0.2, -0.15) is 0 Å². The summed E-state index contributed by atoms with van der Waals surface area (Å²) in [5.41, 5.74) is 4.16. The lowest BCUT2D eigenvalue weighted by Crippen LogP contribution is -2.52. The smallest absolute Gasteiger partial charge is 0.414 e. The molecule has 2 saturated heterocycles. The van der Waals surface area contributed by atoms with Crippen LogP contribution in [0.3, 0.4) is 0 Å². The van der Waals surface area contributed by atoms with Crippen molar-refractivity contribution in [1.82, 2.24) is 14.9 Å². The van der Waals surface area contributed by atoms with Crippen LogP contribution >= 0.6 is 0 Å². The predicted molar refractivity (Wildman–Crippen MR) is 97.9 cm³/mol. The first-order valence-corrected chi connectivity index (χ1v) is 9.16. The van der Waals surface area contributed by atoms with Gasteiger partial charge in [0.1, 0.15) is 6.10 Å². The minimum absolute atomic E-state index is 0.000340. The van der Waals surface area contributed by atoms with Gasteiger partial charge in [0.25, 0.3) is 0 Å². The number of piperidine rings is 2. The monoisotopic (exact) mass is 342 g/mol. The van der Waals surface area contributed by atoms with Gasteiger partial charge in [-0.1, -0.05) is 6.42 Å². The zero-order valence-corrected chi connectivity index (χ0v) is 15.1. The van der Waals surface area contributed by atoms with E-state index in [2.05, 4.69) is 41.1 Å². The number of aryl methyl sites for hydroxylation is 2. The fourth-order valence-corrected chi connectivity index (χ4v) is 4.27. The van der Waals surface area contributed by atoms with Crippen LogP contribution in [0.1, 0.15) is 43.2 Å². The molecule has 2 aromatic rings. The number of carbonyl (C=O) groups is 1. The fraction of sp³-hybridized carbons (Fsp3) is 0.579. The van der Waals surface area contributed by atoms with E-state index in [4.69, 9.17) is 4.74 Å². The van der Waals surface area contributed by atoms with E-state index in [0.29, 0.717) is 18.0 Å². The van der Waals surface area contributed by atoms with Crippen LogP contribution in [0.2, 0.25) is 0 Å². The number of aromatic amines is 1. The highest BCUT2D eigenvalue weighted by atomic mass is 16.6. The number of H-pyrrole nitrogens is 1. The molecular weight excluding hydrogens is 316 g/mol. The number of imidazole rings is 1. The number of nitrogens with zero attached hydrogens (tertiary/aromatic N) is 2. The maximum Gasteiger partial charge on any atom is 0.414 e. The second-order valence-corrected chi connectivity index (χ2v) is 7.57. The molecule has 1 aromatic carbocycles. The Balaban J connectivity index is 1.41. The number of carbonyl (C=O) groups excluding carboxylic acids is 1. The first kappa shape index (κ1) is 16.4. The van der Waals surface area contributed by atoms with Crippen LogP contribution in [0.5, 0.6) is 0 Å². The largest absolute Gasteiger partial charge is 0.446 e. The number of benzene rings is 1. The molecule has 0 saturated carbocycles. The van der Waals surface area contributed by atoms with Gasteiger partial charge >= 0.3 is 6.09 Å². The Morgan fingerprint density at radius 2 is 1.92 bits per heavy atom. The van der Waals surface area contributed by atoms with Gasteiger partial charge in [-0.15, -0.1) is 0 Å². The van der Waals surface area contributed by atoms with Crippen molar-refractivity contribution in [3.63, 3.8) is 0 Å². The number of hydrogen-bond acceptors (Lipinski definition) is 4. The van der Waals surface area contributed by atoms with Crippen molar-refractivity contribution in [3.05, 3.63) is 23.3 Å². The molecule has 0 aliphatic carbocycles. The number of rotatable bonds is 2. The van der Waals surface area contributed by atoms with Gasteiger partial charge in [-0.05, 0) is 57.0 Å². The Kier molecular flexibility index (Phi) is 4.15. The van der Waals surface area contributed by atoms with Crippen LogP contribution in [0.4, 0.5) is 10.7 Å². The molecule has 2 aliphatic rings. The van der Waals surface area contributed by atoms with Crippen molar-refractivity contribution in [2.75, 3.05) is 12.4 Å². The average molecular weight is 342 g/mol. The Labute approximate surface area is 147 Å². The second kappa shape index (κ2) is 6.33. The highest BCUT2D eigenvalue weighted by Crippen LogP contribution is 2.34. The van der Waals surface area contributed by atoms with Gasteiger partial charge in [0.05, 0.1) is 11.0 Å². The van der Waals surface area contributed by atoms with Crippen LogP contribution in [0.25, 0.3) is 11.0 Å². The topological polar surface area (TPSA) is 70.2 Å². The lowest BCUT2D eigenvalue weighted by molar-refractivity contribution is -0.0161. The van der Waals surface area contributed by atoms with E-state index in [9.17, 15) is 4.79 Å². The summed E-state index contributed by atoms with van der Waals surface area (Å²) < 4.78 is 5.69. The number of hydrogen-bond donors (Lipinski definition) is 2. The first-order valence-electron chi connectivity index (χ1n) is 9.16. The summed E-state index contributed by atoms with van der Waals surface area (Å²) in [5.74, 6) is 0.443. The lowest BCUT2D eigenvalue weighted by Gasteiger charge is -2.46. The summed E-state index contributed by atoms with van der Waals surface area (Å²) in [6, 6.07) is 5.16. The molecule has 2 N–H and O–H groups in total. The highest BCUT2D eigenvalue weighted by Gasteiger charge is 2.37. The molecule has 6 heteroatoms. The lowest BCUT2D eigenvalue weighted by atomic mass is 9.83. The SMILES string of the molecule is Cc1cc2nc(NC(=O)OC3CC4CCCC(C3)N4C)[nH]c2cc1C. The van der Waals surface area contributed by atoms with E-state index in [0.717, 1.165) is 23.9 Å². The molecule has 2 bridgehead atoms. The standard InChI is InChI=1S/C19H26N4O2/c1-11-7-16-17(8-12(11)2)21-18(20-16)22-19(24)25-15-9-13-5-4-6-14(10-15)23(13)3/h7-8,13-15H,4-6,9-10H2,1-3H3,(H2,20,21,22,24). The number of ether oxygens (including phenoxy) is 1. The summed E-state index contributed by atoms with van der Waals surface area (Å²) in [6.07, 6.45) is 5.14. The minimum Gasteiger partial charge on any atom is -0.446 e. The molecule has 6 nitrogen and oxygen atoms in total. The van der Waals surface area contributed by atoms with Crippen LogP contribution in [-0.2, 0) is 4.74 Å². The summed E-state index contributed by atoms with van der Waals surface area (Å²) in [4.78, 5) is 22.3. The van der Waals surface area contributed by atoms with Crippen molar-refractivity contribution >= 4 is 23.1 Å². The average Bonchev–Trinajstić information content (AvgIpc) is 2.89. The Morgan fingerprint density at radius 3 is 2.64 bits per heavy atom. The molecule has 0 spiro atoms. The highest BCUT2D eigenvalue weighted by molar-refractivity contribution is 5.86. The Hall–Kier alpha value is -2.08. The van der Waals surface area contributed by atoms with Crippen LogP contribution in [0, 0.1) is 13.8 Å². The molecule has 2 unspecified atom stereocenters. The zero-order valence-electron chi connectivity index (χ0n) is 15.1. The van der Waals surface area contributed by atoms with Gasteiger partial charge in [-0.3, -0.25) is 5.32 Å². The number of amides is 1. The Morgan fingerprint density at radius 1 is 1.24 bits per heavy atom. The predicted octanol–water partition coefficient (Wildman–Crippen LogP) is 3.74. The van der Waals surface area contributed by atoms with Crippen molar-refractivity contribution in [2.45, 2.75) is 64.1 Å². The van der Waals surface area contributed by atoms with Gasteiger partial charge in [-0.25, -0.2) is 9.78 Å². The van der Waals surface area contributed by atoms with E-state index in [1.807, 2.05) is 12.1 Å². The quantitative estimate of drug-likeness (QED) is 0.872. The van der Waals surface area contributed by atoms with E-state index in [1.54, 1.807) is 0 Å². The maximum absolute atomic E-state index is 12.3. The molecule has 2 aliphatic heterocycles. The number of nitrogens with one attached hydrogen (secondary N) is 2. The molecule has 2 atom stereocenters. The fourth-order valence-electron chi connectivity index (χ4n) is 4.27. The molecular formula is C19H26N4O2. The van der Waals surface area contributed by atoms with Gasteiger partial charge in [0.2, 0.25) is 5.95 Å².